The number of rotatable bonds is 6. The smallest absolute Gasteiger partial charge is 0.159 e. The molecule has 140 valence electrons. The molecule has 0 atom stereocenters. The zero-order valence-corrected chi connectivity index (χ0v) is 16.0. The van der Waals surface area contributed by atoms with Gasteiger partial charge in [-0.1, -0.05) is 37.1 Å². The maximum atomic E-state index is 11.6. The van der Waals surface area contributed by atoms with Gasteiger partial charge in [0.15, 0.2) is 5.78 Å². The molecule has 1 aliphatic rings. The van der Waals surface area contributed by atoms with Gasteiger partial charge in [-0.25, -0.2) is 0 Å². The molecule has 0 aliphatic carbocycles. The lowest BCUT2D eigenvalue weighted by Gasteiger charge is -2.20. The molecule has 1 heterocycles. The van der Waals surface area contributed by atoms with E-state index in [-0.39, 0.29) is 5.78 Å². The van der Waals surface area contributed by atoms with E-state index in [2.05, 4.69) is 40.6 Å². The summed E-state index contributed by atoms with van der Waals surface area (Å²) in [5.41, 5.74) is 4.39. The van der Waals surface area contributed by atoms with Crippen LogP contribution in [0.15, 0.2) is 42.5 Å². The van der Waals surface area contributed by atoms with Gasteiger partial charge in [0.25, 0.3) is 0 Å². The van der Waals surface area contributed by atoms with Crippen molar-refractivity contribution < 1.29 is 4.79 Å². The number of likely N-dealkylation sites (tertiary alicyclic amines) is 1. The largest absolute Gasteiger partial charge is 0.380 e. The average molecular weight is 361 g/mol. The predicted molar refractivity (Wildman–Crippen MR) is 109 cm³/mol. The van der Waals surface area contributed by atoms with E-state index in [1.165, 1.54) is 56.8 Å². The Hall–Kier alpha value is -2.64. The number of nitriles is 1. The van der Waals surface area contributed by atoms with Crippen molar-refractivity contribution in [3.05, 3.63) is 64.7 Å². The Morgan fingerprint density at radius 1 is 1.07 bits per heavy atom. The summed E-state index contributed by atoms with van der Waals surface area (Å²) in [5.74, 6) is 0.00184. The lowest BCUT2D eigenvalue weighted by Crippen LogP contribution is -2.24. The number of ketones is 1. The topological polar surface area (TPSA) is 56.1 Å². The number of carbonyl (C=O) groups excluding carboxylic acids is 1. The van der Waals surface area contributed by atoms with E-state index < -0.39 is 0 Å². The first kappa shape index (κ1) is 19.1. The normalized spacial score (nSPS) is 15.0. The number of carbonyl (C=O) groups is 1. The van der Waals surface area contributed by atoms with Crippen molar-refractivity contribution in [3.8, 4) is 6.07 Å². The summed E-state index contributed by atoms with van der Waals surface area (Å²) in [6, 6.07) is 16.0. The Morgan fingerprint density at radius 3 is 2.52 bits per heavy atom. The van der Waals surface area contributed by atoms with Crippen LogP contribution in [0, 0.1) is 11.3 Å². The Morgan fingerprint density at radius 2 is 1.81 bits per heavy atom. The second kappa shape index (κ2) is 9.34. The predicted octanol–water partition coefficient (Wildman–Crippen LogP) is 4.75. The molecule has 0 radical (unpaired) electrons. The minimum atomic E-state index is 0.00184. The van der Waals surface area contributed by atoms with Crippen LogP contribution < -0.4 is 5.32 Å². The highest BCUT2D eigenvalue weighted by Crippen LogP contribution is 2.19. The van der Waals surface area contributed by atoms with Crippen molar-refractivity contribution in [1.82, 2.24) is 4.90 Å². The second-order valence-electron chi connectivity index (χ2n) is 7.29. The molecule has 4 heteroatoms. The zero-order valence-electron chi connectivity index (χ0n) is 16.0. The SMILES string of the molecule is CC(=O)c1ccc(C#N)c(NCc2cccc(CN3CCCCCC3)c2)c1. The van der Waals surface area contributed by atoms with Gasteiger partial charge in [0.1, 0.15) is 6.07 Å². The first-order valence-electron chi connectivity index (χ1n) is 9.75. The Kier molecular flexibility index (Phi) is 6.62. The summed E-state index contributed by atoms with van der Waals surface area (Å²) in [6.45, 7) is 5.54. The summed E-state index contributed by atoms with van der Waals surface area (Å²) in [4.78, 5) is 14.2. The summed E-state index contributed by atoms with van der Waals surface area (Å²) < 4.78 is 0. The Balaban J connectivity index is 1.67. The van der Waals surface area contributed by atoms with E-state index in [9.17, 15) is 10.1 Å². The molecule has 27 heavy (non-hydrogen) atoms. The summed E-state index contributed by atoms with van der Waals surface area (Å²) in [5, 5.41) is 12.6. The molecule has 0 amide bonds. The summed E-state index contributed by atoms with van der Waals surface area (Å²) in [6.07, 6.45) is 5.29. The van der Waals surface area contributed by atoms with Gasteiger partial charge in [0, 0.05) is 18.7 Å². The molecule has 0 unspecified atom stereocenters. The van der Waals surface area contributed by atoms with Crippen molar-refractivity contribution in [2.75, 3.05) is 18.4 Å². The minimum Gasteiger partial charge on any atom is -0.380 e. The molecular formula is C23H27N3O. The van der Waals surface area contributed by atoms with Gasteiger partial charge in [0.05, 0.1) is 11.3 Å². The third-order valence-electron chi connectivity index (χ3n) is 5.13. The van der Waals surface area contributed by atoms with Gasteiger partial charge in [-0.15, -0.1) is 0 Å². The van der Waals surface area contributed by atoms with Gasteiger partial charge >= 0.3 is 0 Å². The van der Waals surface area contributed by atoms with Crippen molar-refractivity contribution in [2.24, 2.45) is 0 Å². The van der Waals surface area contributed by atoms with Crippen LogP contribution in [0.4, 0.5) is 5.69 Å². The Bertz CT molecular complexity index is 830. The molecule has 1 saturated heterocycles. The first-order chi connectivity index (χ1) is 13.2. The van der Waals surface area contributed by atoms with Crippen LogP contribution in [-0.2, 0) is 13.1 Å². The van der Waals surface area contributed by atoms with Crippen molar-refractivity contribution >= 4 is 11.5 Å². The number of hydrogen-bond donors (Lipinski definition) is 1. The number of nitrogens with one attached hydrogen (secondary N) is 1. The number of hydrogen-bond acceptors (Lipinski definition) is 4. The van der Waals surface area contributed by atoms with Crippen LogP contribution in [0.5, 0.6) is 0 Å². The molecule has 1 N–H and O–H groups in total. The number of anilines is 1. The highest BCUT2D eigenvalue weighted by Gasteiger charge is 2.10. The van der Waals surface area contributed by atoms with Crippen molar-refractivity contribution in [2.45, 2.75) is 45.7 Å². The van der Waals surface area contributed by atoms with Crippen molar-refractivity contribution in [3.63, 3.8) is 0 Å². The zero-order chi connectivity index (χ0) is 19.1. The number of benzene rings is 2. The fourth-order valence-electron chi connectivity index (χ4n) is 3.59. The molecule has 4 nitrogen and oxygen atoms in total. The van der Waals surface area contributed by atoms with Crippen LogP contribution in [-0.4, -0.2) is 23.8 Å². The van der Waals surface area contributed by atoms with E-state index in [1.807, 2.05) is 0 Å². The molecule has 2 aromatic carbocycles. The monoisotopic (exact) mass is 361 g/mol. The number of nitrogens with zero attached hydrogens (tertiary/aromatic N) is 2. The van der Waals surface area contributed by atoms with Crippen LogP contribution in [0.3, 0.4) is 0 Å². The lowest BCUT2D eigenvalue weighted by molar-refractivity contribution is 0.101. The van der Waals surface area contributed by atoms with E-state index in [4.69, 9.17) is 0 Å². The fraction of sp³-hybridized carbons (Fsp3) is 0.391. The van der Waals surface area contributed by atoms with Crippen LogP contribution >= 0.6 is 0 Å². The van der Waals surface area contributed by atoms with E-state index >= 15 is 0 Å². The van der Waals surface area contributed by atoms with E-state index in [0.717, 1.165) is 6.54 Å². The van der Waals surface area contributed by atoms with Gasteiger partial charge < -0.3 is 5.32 Å². The van der Waals surface area contributed by atoms with Crippen LogP contribution in [0.25, 0.3) is 0 Å². The van der Waals surface area contributed by atoms with E-state index in [1.54, 1.807) is 18.2 Å². The molecule has 2 aromatic rings. The molecule has 3 rings (SSSR count). The van der Waals surface area contributed by atoms with Gasteiger partial charge in [-0.05, 0) is 62.2 Å². The summed E-state index contributed by atoms with van der Waals surface area (Å²) in [7, 11) is 0. The second-order valence-corrected chi connectivity index (χ2v) is 7.29. The standard InChI is InChI=1S/C23H27N3O/c1-18(27)21-9-10-22(15-24)23(14-21)25-16-19-7-6-8-20(13-19)17-26-11-4-2-3-5-12-26/h6-10,13-14,25H,2-5,11-12,16-17H2,1H3. The van der Waals surface area contributed by atoms with Gasteiger partial charge in [0.2, 0.25) is 0 Å². The van der Waals surface area contributed by atoms with Crippen LogP contribution in [0.2, 0.25) is 0 Å². The maximum absolute atomic E-state index is 11.6. The summed E-state index contributed by atoms with van der Waals surface area (Å²) >= 11 is 0. The molecule has 0 spiro atoms. The average Bonchev–Trinajstić information content (AvgIpc) is 2.95. The third kappa shape index (κ3) is 5.42. The van der Waals surface area contributed by atoms with Gasteiger partial charge in [-0.3, -0.25) is 9.69 Å². The van der Waals surface area contributed by atoms with Gasteiger partial charge in [-0.2, -0.15) is 5.26 Å². The molecule has 1 fully saturated rings. The molecule has 0 bridgehead atoms. The highest BCUT2D eigenvalue weighted by molar-refractivity contribution is 5.95. The molecular weight excluding hydrogens is 334 g/mol. The fourth-order valence-corrected chi connectivity index (χ4v) is 3.59. The third-order valence-corrected chi connectivity index (χ3v) is 5.13. The number of Topliss-reactive ketones (excluding diaryl/α,β-unsaturated/α-hetero) is 1. The molecule has 0 aromatic heterocycles. The lowest BCUT2D eigenvalue weighted by atomic mass is 10.1. The van der Waals surface area contributed by atoms with Crippen LogP contribution in [0.1, 0.15) is 59.7 Å². The highest BCUT2D eigenvalue weighted by atomic mass is 16.1. The quantitative estimate of drug-likeness (QED) is 0.755. The van der Waals surface area contributed by atoms with Crippen molar-refractivity contribution in [1.29, 1.82) is 5.26 Å². The molecule has 0 saturated carbocycles. The Labute approximate surface area is 161 Å². The maximum Gasteiger partial charge on any atom is 0.159 e. The van der Waals surface area contributed by atoms with E-state index in [0.29, 0.717) is 23.4 Å². The first-order valence-corrected chi connectivity index (χ1v) is 9.75. The molecule has 1 aliphatic heterocycles. The minimum absolute atomic E-state index is 0.00184.